The van der Waals surface area contributed by atoms with Gasteiger partial charge in [0.15, 0.2) is 0 Å². The minimum Gasteiger partial charge on any atom is -0.396 e. The van der Waals surface area contributed by atoms with Crippen LogP contribution in [0, 0.1) is 11.8 Å². The molecule has 0 saturated carbocycles. The van der Waals surface area contributed by atoms with Gasteiger partial charge in [-0.15, -0.1) is 0 Å². The number of nitrogens with zero attached hydrogens (tertiary/aromatic N) is 1. The molecule has 0 unspecified atom stereocenters. The van der Waals surface area contributed by atoms with Crippen LogP contribution in [0.2, 0.25) is 0 Å². The summed E-state index contributed by atoms with van der Waals surface area (Å²) in [5, 5.41) is 8.88. The highest BCUT2D eigenvalue weighted by atomic mass is 16.3. The van der Waals surface area contributed by atoms with Crippen LogP contribution in [-0.2, 0) is 0 Å². The van der Waals surface area contributed by atoms with E-state index in [2.05, 4.69) is 18.9 Å². The summed E-state index contributed by atoms with van der Waals surface area (Å²) in [6.45, 7) is 5.06. The number of aliphatic hydroxyl groups is 1. The topological polar surface area (TPSA) is 23.5 Å². The number of likely N-dealkylation sites (tertiary alicyclic amines) is 1. The lowest BCUT2D eigenvalue weighted by Crippen LogP contribution is -2.38. The van der Waals surface area contributed by atoms with E-state index in [1.54, 1.807) is 0 Å². The summed E-state index contributed by atoms with van der Waals surface area (Å²) in [7, 11) is 2.19. The normalized spacial score (nSPS) is 32.2. The van der Waals surface area contributed by atoms with Crippen molar-refractivity contribution in [2.24, 2.45) is 11.8 Å². The summed E-state index contributed by atoms with van der Waals surface area (Å²) in [6, 6.07) is 0. The molecule has 2 atom stereocenters. The van der Waals surface area contributed by atoms with Gasteiger partial charge >= 0.3 is 0 Å². The molecule has 1 fully saturated rings. The molecule has 1 rings (SSSR count). The maximum absolute atomic E-state index is 8.88. The first kappa shape index (κ1) is 10.0. The van der Waals surface area contributed by atoms with Crippen LogP contribution in [0.4, 0.5) is 0 Å². The van der Waals surface area contributed by atoms with Gasteiger partial charge in [0.25, 0.3) is 0 Å². The molecule has 1 N–H and O–H groups in total. The van der Waals surface area contributed by atoms with Crippen LogP contribution in [0.5, 0.6) is 0 Å². The van der Waals surface area contributed by atoms with Gasteiger partial charge in [-0.25, -0.2) is 0 Å². The van der Waals surface area contributed by atoms with Gasteiger partial charge in [0.05, 0.1) is 0 Å². The number of aliphatic hydroxyl groups excluding tert-OH is 1. The molecule has 0 aromatic carbocycles. The van der Waals surface area contributed by atoms with Gasteiger partial charge in [-0.05, 0) is 38.3 Å². The Hall–Kier alpha value is -0.0800. The Kier molecular flexibility index (Phi) is 4.02. The molecule has 0 radical (unpaired) electrons. The maximum atomic E-state index is 8.88. The van der Waals surface area contributed by atoms with Crippen LogP contribution in [-0.4, -0.2) is 36.8 Å². The van der Waals surface area contributed by atoms with E-state index in [1.807, 2.05) is 0 Å². The van der Waals surface area contributed by atoms with E-state index < -0.39 is 0 Å². The first-order chi connectivity index (χ1) is 5.77. The van der Waals surface area contributed by atoms with Crippen molar-refractivity contribution >= 4 is 0 Å². The minimum atomic E-state index is 0.366. The van der Waals surface area contributed by atoms with Crippen LogP contribution in [0.15, 0.2) is 0 Å². The van der Waals surface area contributed by atoms with Crippen LogP contribution >= 0.6 is 0 Å². The van der Waals surface area contributed by atoms with Gasteiger partial charge < -0.3 is 10.0 Å². The molecule has 0 aliphatic carbocycles. The molecule has 0 aromatic rings. The Balaban J connectivity index is 2.39. The summed E-state index contributed by atoms with van der Waals surface area (Å²) in [5.74, 6) is 1.59. The van der Waals surface area contributed by atoms with Gasteiger partial charge in [0.1, 0.15) is 0 Å². The molecule has 72 valence electrons. The third-order valence-corrected chi connectivity index (χ3v) is 3.12. The Morgan fingerprint density at radius 3 is 2.75 bits per heavy atom. The Bertz CT molecular complexity index is 127. The molecule has 2 nitrogen and oxygen atoms in total. The molecule has 1 saturated heterocycles. The molecule has 1 aliphatic rings. The van der Waals surface area contributed by atoms with Crippen molar-refractivity contribution < 1.29 is 5.11 Å². The van der Waals surface area contributed by atoms with Gasteiger partial charge in [0, 0.05) is 13.2 Å². The number of hydrogen-bond acceptors (Lipinski definition) is 2. The Morgan fingerprint density at radius 2 is 2.17 bits per heavy atom. The molecule has 12 heavy (non-hydrogen) atoms. The van der Waals surface area contributed by atoms with Crippen molar-refractivity contribution in [3.8, 4) is 0 Å². The first-order valence-electron chi connectivity index (χ1n) is 5.07. The lowest BCUT2D eigenvalue weighted by molar-refractivity contribution is 0.115. The van der Waals surface area contributed by atoms with Crippen LogP contribution in [0.25, 0.3) is 0 Å². The Labute approximate surface area is 75.6 Å². The highest BCUT2D eigenvalue weighted by Crippen LogP contribution is 2.27. The molecule has 0 aromatic heterocycles. The first-order valence-corrected chi connectivity index (χ1v) is 5.07. The van der Waals surface area contributed by atoms with E-state index in [4.69, 9.17) is 5.11 Å². The minimum absolute atomic E-state index is 0.366. The van der Waals surface area contributed by atoms with Crippen molar-refractivity contribution in [3.63, 3.8) is 0 Å². The highest BCUT2D eigenvalue weighted by Gasteiger charge is 2.25. The van der Waals surface area contributed by atoms with E-state index in [1.165, 1.54) is 25.9 Å². The largest absolute Gasteiger partial charge is 0.396 e. The van der Waals surface area contributed by atoms with Crippen molar-refractivity contribution in [1.82, 2.24) is 4.90 Å². The summed E-state index contributed by atoms with van der Waals surface area (Å²) < 4.78 is 0. The molecule has 1 aliphatic heterocycles. The molecule has 0 bridgehead atoms. The van der Waals surface area contributed by atoms with Crippen molar-refractivity contribution in [2.45, 2.75) is 26.2 Å². The smallest absolute Gasteiger partial charge is 0.0433 e. The van der Waals surface area contributed by atoms with Crippen LogP contribution in [0.3, 0.4) is 0 Å². The van der Waals surface area contributed by atoms with Gasteiger partial charge in [-0.3, -0.25) is 0 Å². The molecule has 1 heterocycles. The van der Waals surface area contributed by atoms with Crippen LogP contribution in [0.1, 0.15) is 26.2 Å². The second kappa shape index (κ2) is 4.83. The SMILES string of the molecule is CC[C@H]1CN(C)CC[C@@H]1CCO. The zero-order valence-electron chi connectivity index (χ0n) is 8.29. The second-order valence-corrected chi connectivity index (χ2v) is 3.99. The van der Waals surface area contributed by atoms with E-state index in [0.717, 1.165) is 18.3 Å². The Morgan fingerprint density at radius 1 is 1.42 bits per heavy atom. The van der Waals surface area contributed by atoms with E-state index >= 15 is 0 Å². The van der Waals surface area contributed by atoms with Crippen molar-refractivity contribution in [2.75, 3.05) is 26.7 Å². The predicted octanol–water partition coefficient (Wildman–Crippen LogP) is 1.35. The molecule has 2 heteroatoms. The number of rotatable bonds is 3. The van der Waals surface area contributed by atoms with E-state index in [0.29, 0.717) is 6.61 Å². The third kappa shape index (κ3) is 2.46. The molecular formula is C10H21NO. The fraction of sp³-hybridized carbons (Fsp3) is 1.00. The average Bonchev–Trinajstić information content (AvgIpc) is 2.08. The van der Waals surface area contributed by atoms with E-state index in [-0.39, 0.29) is 0 Å². The summed E-state index contributed by atoms with van der Waals surface area (Å²) in [6.07, 6.45) is 3.54. The number of hydrogen-bond donors (Lipinski definition) is 1. The second-order valence-electron chi connectivity index (χ2n) is 3.99. The van der Waals surface area contributed by atoms with Crippen molar-refractivity contribution in [3.05, 3.63) is 0 Å². The fourth-order valence-corrected chi connectivity index (χ4v) is 2.27. The lowest BCUT2D eigenvalue weighted by atomic mass is 9.82. The predicted molar refractivity (Wildman–Crippen MR) is 51.1 cm³/mol. The molecular weight excluding hydrogens is 150 g/mol. The summed E-state index contributed by atoms with van der Waals surface area (Å²) in [4.78, 5) is 2.40. The molecule has 0 spiro atoms. The zero-order valence-corrected chi connectivity index (χ0v) is 8.29. The quantitative estimate of drug-likeness (QED) is 0.693. The van der Waals surface area contributed by atoms with Crippen LogP contribution < -0.4 is 0 Å². The number of piperidine rings is 1. The van der Waals surface area contributed by atoms with Gasteiger partial charge in [0.2, 0.25) is 0 Å². The maximum Gasteiger partial charge on any atom is 0.0433 e. The average molecular weight is 171 g/mol. The van der Waals surface area contributed by atoms with E-state index in [9.17, 15) is 0 Å². The highest BCUT2D eigenvalue weighted by molar-refractivity contribution is 4.77. The van der Waals surface area contributed by atoms with Crippen molar-refractivity contribution in [1.29, 1.82) is 0 Å². The standard InChI is InChI=1S/C10H21NO/c1-3-9-8-11(2)6-4-10(9)5-7-12/h9-10,12H,3-8H2,1-2H3/t9-,10+/m0/s1. The lowest BCUT2D eigenvalue weighted by Gasteiger charge is -2.36. The zero-order chi connectivity index (χ0) is 8.97. The van der Waals surface area contributed by atoms with Gasteiger partial charge in [-0.1, -0.05) is 13.3 Å². The monoisotopic (exact) mass is 171 g/mol. The van der Waals surface area contributed by atoms with Gasteiger partial charge in [-0.2, -0.15) is 0 Å². The third-order valence-electron chi connectivity index (χ3n) is 3.12. The summed E-state index contributed by atoms with van der Waals surface area (Å²) in [5.41, 5.74) is 0. The summed E-state index contributed by atoms with van der Waals surface area (Å²) >= 11 is 0. The molecule has 0 amide bonds. The fourth-order valence-electron chi connectivity index (χ4n) is 2.27.